The second-order valence-electron chi connectivity index (χ2n) is 5.51. The zero-order chi connectivity index (χ0) is 12.3. The maximum atomic E-state index is 5.90. The first kappa shape index (κ1) is 15.7. The van der Waals surface area contributed by atoms with Crippen LogP contribution in [0.1, 0.15) is 0 Å². The van der Waals surface area contributed by atoms with Crippen LogP contribution in [0, 0.1) is 0 Å². The summed E-state index contributed by atoms with van der Waals surface area (Å²) in [6.45, 7) is 17.2. The third kappa shape index (κ3) is 11.0. The fraction of sp³-hybridized carbons (Fsp3) is 1.00. The van der Waals surface area contributed by atoms with Gasteiger partial charge in [0, 0.05) is 0 Å². The molecule has 15 heavy (non-hydrogen) atoms. The van der Waals surface area contributed by atoms with Crippen LogP contribution in [0.3, 0.4) is 0 Å². The minimum atomic E-state index is -1.45. The topological polar surface area (TPSA) is 27.7 Å². The Labute approximate surface area is 100 Å². The second kappa shape index (κ2) is 5.89. The average Bonchev–Trinajstić information content (AvgIpc) is 1.73. The number of hydrogen-bond acceptors (Lipinski definition) is 3. The molecule has 0 saturated carbocycles. The fourth-order valence-electron chi connectivity index (χ4n) is 1.11. The van der Waals surface area contributed by atoms with Crippen LogP contribution in [0.4, 0.5) is 0 Å². The van der Waals surface area contributed by atoms with E-state index in [9.17, 15) is 0 Å². The molecule has 0 N–H and O–H groups in total. The van der Waals surface area contributed by atoms with Crippen LogP contribution in [0.25, 0.3) is 0 Å². The Hall–Kier alpha value is 0.748. The van der Waals surface area contributed by atoms with E-state index in [1.54, 1.807) is 0 Å². The first-order chi connectivity index (χ1) is 6.49. The maximum Gasteiger partial charge on any atom is 0.360 e. The lowest BCUT2D eigenvalue weighted by Gasteiger charge is -2.26. The molecule has 0 saturated heterocycles. The van der Waals surface area contributed by atoms with Gasteiger partial charge in [0.25, 0.3) is 0 Å². The van der Waals surface area contributed by atoms with Crippen molar-refractivity contribution in [1.29, 1.82) is 0 Å². The molecule has 0 aliphatic heterocycles. The Morgan fingerprint density at radius 3 is 1.13 bits per heavy atom. The smallest absolute Gasteiger partial charge is 0.360 e. The lowest BCUT2D eigenvalue weighted by atomic mass is 11.8. The van der Waals surface area contributed by atoms with E-state index in [1.807, 2.05) is 0 Å². The van der Waals surface area contributed by atoms with Crippen LogP contribution in [0.15, 0.2) is 0 Å². The summed E-state index contributed by atoms with van der Waals surface area (Å²) in [5.41, 5.74) is 0. The van der Waals surface area contributed by atoms with Gasteiger partial charge in [-0.05, 0) is 52.4 Å². The van der Waals surface area contributed by atoms with Gasteiger partial charge in [-0.1, -0.05) is 0 Å². The van der Waals surface area contributed by atoms with E-state index in [1.165, 1.54) is 0 Å². The van der Waals surface area contributed by atoms with Crippen LogP contribution in [-0.2, 0) is 12.3 Å². The maximum absolute atomic E-state index is 5.90. The first-order valence-electron chi connectivity index (χ1n) is 5.22. The molecule has 0 amide bonds. The molecule has 0 aliphatic carbocycles. The molecule has 0 aliphatic rings. The van der Waals surface area contributed by atoms with Crippen LogP contribution < -0.4 is 0 Å². The summed E-state index contributed by atoms with van der Waals surface area (Å²) in [6, 6.07) is 0. The largest absolute Gasteiger partial charge is 0.436 e. The molecule has 0 aromatic carbocycles. The molecule has 0 bridgehead atoms. The van der Waals surface area contributed by atoms with E-state index < -0.39 is 35.2 Å². The van der Waals surface area contributed by atoms with Gasteiger partial charge in [-0.3, -0.25) is 0 Å². The van der Waals surface area contributed by atoms with Crippen LogP contribution in [0.2, 0.25) is 52.4 Å². The van der Waals surface area contributed by atoms with E-state index in [4.69, 9.17) is 12.3 Å². The molecular formula is C8H24O3Si4. The van der Waals surface area contributed by atoms with Gasteiger partial charge in [-0.25, -0.2) is 0 Å². The molecule has 0 heterocycles. The highest BCUT2D eigenvalue weighted by Gasteiger charge is 2.27. The molecule has 0 aromatic heterocycles. The van der Waals surface area contributed by atoms with Gasteiger partial charge in [0.05, 0.1) is 0 Å². The van der Waals surface area contributed by atoms with Gasteiger partial charge >= 0.3 is 18.6 Å². The van der Waals surface area contributed by atoms with Crippen molar-refractivity contribution in [2.75, 3.05) is 0 Å². The van der Waals surface area contributed by atoms with E-state index in [-0.39, 0.29) is 0 Å². The van der Waals surface area contributed by atoms with Gasteiger partial charge < -0.3 is 12.3 Å². The van der Waals surface area contributed by atoms with Crippen molar-refractivity contribution in [1.82, 2.24) is 0 Å². The van der Waals surface area contributed by atoms with E-state index >= 15 is 0 Å². The molecule has 0 spiro atoms. The van der Waals surface area contributed by atoms with Crippen molar-refractivity contribution in [2.45, 2.75) is 52.4 Å². The highest BCUT2D eigenvalue weighted by atomic mass is 28.5. The average molecular weight is 281 g/mol. The SMILES string of the molecule is C[Si](O[Si](C)O[Si](C)(C)C)O[Si](C)(C)C. The monoisotopic (exact) mass is 280 g/mol. The van der Waals surface area contributed by atoms with Crippen molar-refractivity contribution in [3.05, 3.63) is 0 Å². The van der Waals surface area contributed by atoms with Crippen molar-refractivity contribution < 1.29 is 12.3 Å². The van der Waals surface area contributed by atoms with Crippen molar-refractivity contribution >= 4 is 35.2 Å². The summed E-state index contributed by atoms with van der Waals surface area (Å²) < 4.78 is 17.6. The Balaban J connectivity index is 3.92. The van der Waals surface area contributed by atoms with Gasteiger partial charge in [-0.15, -0.1) is 0 Å². The Kier molecular flexibility index (Phi) is 6.19. The molecule has 7 heteroatoms. The summed E-state index contributed by atoms with van der Waals surface area (Å²) in [6.07, 6.45) is 0. The zero-order valence-corrected chi connectivity index (χ0v) is 15.2. The van der Waals surface area contributed by atoms with Gasteiger partial charge in [-0.2, -0.15) is 0 Å². The van der Waals surface area contributed by atoms with Crippen molar-refractivity contribution in [3.63, 3.8) is 0 Å². The summed E-state index contributed by atoms with van der Waals surface area (Å²) in [7, 11) is -5.13. The number of rotatable bonds is 6. The molecule has 2 radical (unpaired) electrons. The molecule has 0 unspecified atom stereocenters. The van der Waals surface area contributed by atoms with Crippen LogP contribution in [0.5, 0.6) is 0 Å². The number of hydrogen-bond donors (Lipinski definition) is 0. The predicted octanol–water partition coefficient (Wildman–Crippen LogP) is 2.94. The van der Waals surface area contributed by atoms with Gasteiger partial charge in [0.15, 0.2) is 16.6 Å². The first-order valence-corrected chi connectivity index (χ1v) is 15.7. The quantitative estimate of drug-likeness (QED) is 0.700. The molecule has 0 aromatic rings. The van der Waals surface area contributed by atoms with Crippen LogP contribution in [-0.4, -0.2) is 35.2 Å². The minimum absolute atomic E-state index is 1.11. The van der Waals surface area contributed by atoms with E-state index in [0.717, 1.165) is 0 Å². The predicted molar refractivity (Wildman–Crippen MR) is 73.2 cm³/mol. The highest BCUT2D eigenvalue weighted by Crippen LogP contribution is 2.10. The summed E-state index contributed by atoms with van der Waals surface area (Å²) in [5.74, 6) is 0. The lowest BCUT2D eigenvalue weighted by Crippen LogP contribution is -2.42. The molecule has 0 fully saturated rings. The summed E-state index contributed by atoms with van der Waals surface area (Å²) in [5, 5.41) is 0. The molecular weight excluding hydrogens is 256 g/mol. The van der Waals surface area contributed by atoms with Gasteiger partial charge in [0.1, 0.15) is 0 Å². The normalized spacial score (nSPS) is 14.0. The summed E-state index contributed by atoms with van der Waals surface area (Å²) in [4.78, 5) is 0. The Morgan fingerprint density at radius 2 is 0.933 bits per heavy atom. The fourth-order valence-corrected chi connectivity index (χ4v) is 10.7. The van der Waals surface area contributed by atoms with Gasteiger partial charge in [0.2, 0.25) is 0 Å². The minimum Gasteiger partial charge on any atom is -0.436 e. The third-order valence-corrected chi connectivity index (χ3v) is 10.7. The summed E-state index contributed by atoms with van der Waals surface area (Å²) >= 11 is 0. The second-order valence-corrected chi connectivity index (χ2v) is 18.4. The van der Waals surface area contributed by atoms with Crippen molar-refractivity contribution in [2.24, 2.45) is 0 Å². The standard InChI is InChI=1S/C8H24O3Si4/c1-12(10-14(3,4)5)9-13(2)11-15(6,7)8/h1-8H3. The lowest BCUT2D eigenvalue weighted by molar-refractivity contribution is 0.375. The molecule has 90 valence electrons. The zero-order valence-electron chi connectivity index (χ0n) is 11.2. The Bertz CT molecular complexity index is 167. The molecule has 0 atom stereocenters. The third-order valence-electron chi connectivity index (χ3n) is 1.19. The van der Waals surface area contributed by atoms with E-state index in [2.05, 4.69) is 52.4 Å². The van der Waals surface area contributed by atoms with E-state index in [0.29, 0.717) is 0 Å². The molecule has 0 rings (SSSR count). The highest BCUT2D eigenvalue weighted by molar-refractivity contribution is 6.79. The van der Waals surface area contributed by atoms with Crippen LogP contribution >= 0.6 is 0 Å². The van der Waals surface area contributed by atoms with Crippen molar-refractivity contribution in [3.8, 4) is 0 Å². The Morgan fingerprint density at radius 1 is 0.667 bits per heavy atom. The molecule has 3 nitrogen and oxygen atoms in total.